The summed E-state index contributed by atoms with van der Waals surface area (Å²) in [6, 6.07) is 63.7. The van der Waals surface area contributed by atoms with E-state index in [1.165, 1.54) is 24.3 Å². The maximum atomic E-state index is 14.5. The van der Waals surface area contributed by atoms with Gasteiger partial charge in [-0.3, -0.25) is 0 Å². The summed E-state index contributed by atoms with van der Waals surface area (Å²) < 4.78 is 86.7. The summed E-state index contributed by atoms with van der Waals surface area (Å²) in [6.45, 7) is 0. The SMILES string of the molecule is FC(F)(F)c1cccc([Si](c2ccccc2)(c2ccccc2)c2ccc3c(c2)-c2cc([Si](c4ccccc4)(c4ccccc4)c4cccc(C(F)(F)F)c4)ccc2C3)c1. The topological polar surface area (TPSA) is 0 Å². The van der Waals surface area contributed by atoms with Crippen LogP contribution < -0.4 is 41.5 Å². The molecule has 8 aromatic rings. The van der Waals surface area contributed by atoms with Gasteiger partial charge in [-0.2, -0.15) is 26.3 Å². The molecule has 0 saturated carbocycles. The molecule has 9 rings (SSSR count). The summed E-state index contributed by atoms with van der Waals surface area (Å²) in [6.07, 6.45) is -8.43. The number of hydrogen-bond acceptors (Lipinski definition) is 0. The molecule has 0 aromatic heterocycles. The maximum absolute atomic E-state index is 14.5. The van der Waals surface area contributed by atoms with Crippen LogP contribution in [0.3, 0.4) is 0 Å². The molecule has 59 heavy (non-hydrogen) atoms. The molecule has 290 valence electrons. The summed E-state index contributed by atoms with van der Waals surface area (Å²) in [4.78, 5) is 0. The van der Waals surface area contributed by atoms with E-state index < -0.39 is 39.6 Å². The van der Waals surface area contributed by atoms with Crippen molar-refractivity contribution in [3.63, 3.8) is 0 Å². The van der Waals surface area contributed by atoms with Crippen LogP contribution >= 0.6 is 0 Å². The minimum absolute atomic E-state index is 0.612. The lowest BCUT2D eigenvalue weighted by Gasteiger charge is -2.35. The van der Waals surface area contributed by atoms with Gasteiger partial charge in [-0.1, -0.05) is 194 Å². The van der Waals surface area contributed by atoms with Crippen molar-refractivity contribution in [2.24, 2.45) is 0 Å². The van der Waals surface area contributed by atoms with E-state index in [2.05, 4.69) is 36.4 Å². The molecular formula is C51H36F6Si2. The Labute approximate surface area is 341 Å². The van der Waals surface area contributed by atoms with Crippen molar-refractivity contribution in [1.82, 2.24) is 0 Å². The first-order chi connectivity index (χ1) is 28.5. The molecule has 8 heteroatoms. The molecule has 0 bridgehead atoms. The van der Waals surface area contributed by atoms with Crippen LogP contribution in [0.15, 0.2) is 206 Å². The van der Waals surface area contributed by atoms with Crippen LogP contribution in [0.5, 0.6) is 0 Å². The van der Waals surface area contributed by atoms with Crippen LogP contribution in [0.25, 0.3) is 11.1 Å². The number of fused-ring (bicyclic) bond motifs is 3. The molecule has 0 aliphatic heterocycles. The fraction of sp³-hybridized carbons (Fsp3) is 0.0588. The third kappa shape index (κ3) is 6.57. The van der Waals surface area contributed by atoms with E-state index >= 15 is 0 Å². The van der Waals surface area contributed by atoms with Crippen LogP contribution in [-0.2, 0) is 18.8 Å². The normalized spacial score (nSPS) is 12.8. The van der Waals surface area contributed by atoms with E-state index in [1.807, 2.05) is 133 Å². The van der Waals surface area contributed by atoms with Crippen molar-refractivity contribution in [3.05, 3.63) is 229 Å². The Morgan fingerprint density at radius 1 is 0.288 bits per heavy atom. The lowest BCUT2D eigenvalue weighted by Crippen LogP contribution is -2.75. The Hall–Kier alpha value is -6.23. The maximum Gasteiger partial charge on any atom is 0.416 e. The molecule has 0 heterocycles. The molecule has 0 atom stereocenters. The van der Waals surface area contributed by atoms with Crippen LogP contribution in [0.2, 0.25) is 0 Å². The Balaban J connectivity index is 1.32. The van der Waals surface area contributed by atoms with Gasteiger partial charge in [0.1, 0.15) is 0 Å². The van der Waals surface area contributed by atoms with Crippen LogP contribution in [0.1, 0.15) is 22.3 Å². The van der Waals surface area contributed by atoms with E-state index in [0.717, 1.165) is 65.5 Å². The average Bonchev–Trinajstić information content (AvgIpc) is 3.63. The lowest BCUT2D eigenvalue weighted by atomic mass is 10.1. The Bertz CT molecular complexity index is 2490. The number of alkyl halides is 6. The van der Waals surface area contributed by atoms with Gasteiger partial charge in [-0.25, -0.2) is 0 Å². The van der Waals surface area contributed by atoms with Gasteiger partial charge in [-0.15, -0.1) is 0 Å². The number of rotatable bonds is 8. The second-order valence-corrected chi connectivity index (χ2v) is 22.7. The zero-order chi connectivity index (χ0) is 40.8. The third-order valence-corrected chi connectivity index (χ3v) is 21.3. The van der Waals surface area contributed by atoms with Gasteiger partial charge in [0.25, 0.3) is 0 Å². The predicted octanol–water partition coefficient (Wildman–Crippen LogP) is 8.05. The van der Waals surface area contributed by atoms with Crippen molar-refractivity contribution >= 4 is 57.6 Å². The molecule has 0 saturated heterocycles. The van der Waals surface area contributed by atoms with Gasteiger partial charge in [0.2, 0.25) is 0 Å². The Morgan fingerprint density at radius 2 is 0.576 bits per heavy atom. The second kappa shape index (κ2) is 14.9. The van der Waals surface area contributed by atoms with Gasteiger partial charge in [0, 0.05) is 0 Å². The summed E-state index contributed by atoms with van der Waals surface area (Å²) in [7, 11) is -6.81. The lowest BCUT2D eigenvalue weighted by molar-refractivity contribution is -0.138. The van der Waals surface area contributed by atoms with E-state index in [-0.39, 0.29) is 0 Å². The predicted molar refractivity (Wildman–Crippen MR) is 232 cm³/mol. The van der Waals surface area contributed by atoms with Gasteiger partial charge in [0.15, 0.2) is 16.1 Å². The first-order valence-electron chi connectivity index (χ1n) is 19.4. The highest BCUT2D eigenvalue weighted by Crippen LogP contribution is 2.37. The molecule has 1 aliphatic rings. The summed E-state index contributed by atoms with van der Waals surface area (Å²) in [5.41, 5.74) is 2.71. The van der Waals surface area contributed by atoms with Crippen molar-refractivity contribution in [2.45, 2.75) is 18.8 Å². The third-order valence-electron chi connectivity index (χ3n) is 11.8. The summed E-state index contributed by atoms with van der Waals surface area (Å²) in [5.74, 6) is 0. The second-order valence-electron chi connectivity index (χ2n) is 15.0. The van der Waals surface area contributed by atoms with Crippen molar-refractivity contribution in [1.29, 1.82) is 0 Å². The van der Waals surface area contributed by atoms with Gasteiger partial charge in [-0.05, 0) is 82.3 Å². The number of hydrogen-bond donors (Lipinski definition) is 0. The minimum atomic E-state index is -4.54. The zero-order valence-corrected chi connectivity index (χ0v) is 33.6. The van der Waals surface area contributed by atoms with Crippen LogP contribution in [0, 0.1) is 0 Å². The smallest absolute Gasteiger partial charge is 0.166 e. The van der Waals surface area contributed by atoms with Gasteiger partial charge in [0.05, 0.1) is 11.1 Å². The van der Waals surface area contributed by atoms with E-state index in [9.17, 15) is 26.3 Å². The monoisotopic (exact) mass is 818 g/mol. The zero-order valence-electron chi connectivity index (χ0n) is 31.6. The molecule has 0 unspecified atom stereocenters. The number of benzene rings is 8. The highest BCUT2D eigenvalue weighted by atomic mass is 28.3. The fourth-order valence-electron chi connectivity index (χ4n) is 9.24. The average molecular weight is 819 g/mol. The standard InChI is InChI=1S/C51H36F6Si2/c52-50(53,54)38-15-13-25-44(32-38)58(40-17-5-1-6-18-40,41-19-7-2-8-20-41)46-29-27-36-31-37-28-30-47(35-49(37)48(36)34-46)59(42-21-9-3-10-22-42,43-23-11-4-12-24-43)45-26-14-16-39(33-45)51(55,56)57/h1-30,32-35H,31H2. The van der Waals surface area contributed by atoms with Crippen molar-refractivity contribution in [2.75, 3.05) is 0 Å². The molecule has 0 radical (unpaired) electrons. The molecule has 0 fully saturated rings. The Morgan fingerprint density at radius 3 is 0.881 bits per heavy atom. The largest absolute Gasteiger partial charge is 0.416 e. The molecule has 0 nitrogen and oxygen atoms in total. The molecule has 0 N–H and O–H groups in total. The quantitative estimate of drug-likeness (QED) is 0.0828. The van der Waals surface area contributed by atoms with E-state index in [4.69, 9.17) is 0 Å². The molecular weight excluding hydrogens is 783 g/mol. The molecule has 0 spiro atoms. The fourth-order valence-corrected chi connectivity index (χ4v) is 18.8. The highest BCUT2D eigenvalue weighted by Gasteiger charge is 2.45. The molecule has 8 aromatic carbocycles. The first-order valence-corrected chi connectivity index (χ1v) is 23.4. The van der Waals surface area contributed by atoms with E-state index in [0.29, 0.717) is 16.8 Å². The van der Waals surface area contributed by atoms with Gasteiger partial charge < -0.3 is 0 Å². The molecule has 0 amide bonds. The molecule has 1 aliphatic carbocycles. The van der Waals surface area contributed by atoms with Crippen LogP contribution in [-0.4, -0.2) is 16.1 Å². The number of halogens is 6. The summed E-state index contributed by atoms with van der Waals surface area (Å²) in [5, 5.41) is 6.87. The van der Waals surface area contributed by atoms with Crippen molar-refractivity contribution in [3.8, 4) is 11.1 Å². The van der Waals surface area contributed by atoms with Gasteiger partial charge >= 0.3 is 12.4 Å². The Kier molecular flexibility index (Phi) is 9.65. The summed E-state index contributed by atoms with van der Waals surface area (Å²) >= 11 is 0. The minimum Gasteiger partial charge on any atom is -0.166 e. The van der Waals surface area contributed by atoms with Crippen LogP contribution in [0.4, 0.5) is 26.3 Å². The van der Waals surface area contributed by atoms with E-state index in [1.54, 1.807) is 0 Å². The highest BCUT2D eigenvalue weighted by molar-refractivity contribution is 7.20. The first kappa shape index (κ1) is 38.3. The van der Waals surface area contributed by atoms with Crippen molar-refractivity contribution < 1.29 is 26.3 Å².